The molecular formula is C16H29N3. The lowest BCUT2D eigenvalue weighted by atomic mass is 10.1. The lowest BCUT2D eigenvalue weighted by Crippen LogP contribution is -2.29. The molecule has 0 spiro atoms. The summed E-state index contributed by atoms with van der Waals surface area (Å²) in [6.45, 7) is 13.0. The minimum atomic E-state index is 0.524. The third-order valence-electron chi connectivity index (χ3n) is 3.58. The average Bonchev–Trinajstić information content (AvgIpc) is 2.36. The highest BCUT2D eigenvalue weighted by Gasteiger charge is 2.12. The Morgan fingerprint density at radius 3 is 2.53 bits per heavy atom. The van der Waals surface area contributed by atoms with E-state index in [-0.39, 0.29) is 0 Å². The zero-order chi connectivity index (χ0) is 14.4. The molecular weight excluding hydrogens is 234 g/mol. The summed E-state index contributed by atoms with van der Waals surface area (Å²) >= 11 is 0. The van der Waals surface area contributed by atoms with Crippen molar-refractivity contribution in [1.29, 1.82) is 0 Å². The first kappa shape index (κ1) is 16.0. The van der Waals surface area contributed by atoms with Crippen LogP contribution in [-0.2, 0) is 6.54 Å². The van der Waals surface area contributed by atoms with E-state index >= 15 is 0 Å². The van der Waals surface area contributed by atoms with Crippen molar-refractivity contribution in [1.82, 2.24) is 10.3 Å². The zero-order valence-corrected chi connectivity index (χ0v) is 13.3. The van der Waals surface area contributed by atoms with Gasteiger partial charge in [-0.15, -0.1) is 0 Å². The summed E-state index contributed by atoms with van der Waals surface area (Å²) in [6, 6.07) is 2.77. The Morgan fingerprint density at radius 2 is 2.00 bits per heavy atom. The van der Waals surface area contributed by atoms with Crippen molar-refractivity contribution < 1.29 is 0 Å². The summed E-state index contributed by atoms with van der Waals surface area (Å²) in [5.41, 5.74) is 2.52. The van der Waals surface area contributed by atoms with E-state index < -0.39 is 0 Å². The molecule has 0 amide bonds. The maximum atomic E-state index is 4.63. The lowest BCUT2D eigenvalue weighted by Gasteiger charge is -2.26. The highest BCUT2D eigenvalue weighted by Crippen LogP contribution is 2.19. The van der Waals surface area contributed by atoms with Crippen LogP contribution in [0.4, 0.5) is 5.82 Å². The molecule has 0 fully saturated rings. The Labute approximate surface area is 118 Å². The SMILES string of the molecule is CCC(C)N(C)c1ncc(CNCC(C)C)cc1C. The van der Waals surface area contributed by atoms with E-state index in [1.54, 1.807) is 0 Å². The van der Waals surface area contributed by atoms with E-state index in [1.165, 1.54) is 11.1 Å². The van der Waals surface area contributed by atoms with E-state index in [1.807, 2.05) is 6.20 Å². The predicted molar refractivity (Wildman–Crippen MR) is 83.7 cm³/mol. The van der Waals surface area contributed by atoms with Gasteiger partial charge in [-0.3, -0.25) is 0 Å². The molecule has 0 aliphatic carbocycles. The number of aryl methyl sites for hydroxylation is 1. The predicted octanol–water partition coefficient (Wildman–Crippen LogP) is 3.37. The van der Waals surface area contributed by atoms with Crippen molar-refractivity contribution >= 4 is 5.82 Å². The molecule has 0 aliphatic rings. The number of rotatable bonds is 7. The molecule has 1 heterocycles. The summed E-state index contributed by atoms with van der Waals surface area (Å²) in [6.07, 6.45) is 3.13. The zero-order valence-electron chi connectivity index (χ0n) is 13.3. The van der Waals surface area contributed by atoms with Crippen LogP contribution in [0.1, 0.15) is 45.2 Å². The third-order valence-corrected chi connectivity index (χ3v) is 3.58. The molecule has 0 bridgehead atoms. The van der Waals surface area contributed by atoms with Crippen LogP contribution in [-0.4, -0.2) is 24.6 Å². The van der Waals surface area contributed by atoms with Crippen LogP contribution >= 0.6 is 0 Å². The molecule has 1 aromatic rings. The molecule has 1 N–H and O–H groups in total. The van der Waals surface area contributed by atoms with Gasteiger partial charge in [0.25, 0.3) is 0 Å². The Morgan fingerprint density at radius 1 is 1.32 bits per heavy atom. The fourth-order valence-electron chi connectivity index (χ4n) is 2.08. The molecule has 1 aromatic heterocycles. The third kappa shape index (κ3) is 4.83. The molecule has 3 heteroatoms. The maximum absolute atomic E-state index is 4.63. The van der Waals surface area contributed by atoms with E-state index in [9.17, 15) is 0 Å². The van der Waals surface area contributed by atoms with Gasteiger partial charge in [0, 0.05) is 25.8 Å². The van der Waals surface area contributed by atoms with E-state index in [0.717, 1.165) is 25.3 Å². The second-order valence-corrected chi connectivity index (χ2v) is 5.88. The quantitative estimate of drug-likeness (QED) is 0.817. The average molecular weight is 263 g/mol. The van der Waals surface area contributed by atoms with Crippen molar-refractivity contribution in [2.75, 3.05) is 18.5 Å². The van der Waals surface area contributed by atoms with Gasteiger partial charge in [-0.1, -0.05) is 20.8 Å². The second-order valence-electron chi connectivity index (χ2n) is 5.88. The number of anilines is 1. The van der Waals surface area contributed by atoms with E-state index in [4.69, 9.17) is 0 Å². The highest BCUT2D eigenvalue weighted by molar-refractivity contribution is 5.47. The molecule has 1 unspecified atom stereocenters. The standard InChI is InChI=1S/C16H29N3/c1-7-14(5)19(6)16-13(4)8-15(11-18-16)10-17-9-12(2)3/h8,11-12,14,17H,7,9-10H2,1-6H3. The molecule has 0 radical (unpaired) electrons. The van der Waals surface area contributed by atoms with Crippen molar-refractivity contribution in [3.8, 4) is 0 Å². The second kappa shape index (κ2) is 7.49. The minimum Gasteiger partial charge on any atom is -0.357 e. The van der Waals surface area contributed by atoms with Crippen molar-refractivity contribution in [2.24, 2.45) is 5.92 Å². The van der Waals surface area contributed by atoms with Crippen LogP contribution in [0.15, 0.2) is 12.3 Å². The largest absolute Gasteiger partial charge is 0.357 e. The fraction of sp³-hybridized carbons (Fsp3) is 0.688. The number of nitrogens with one attached hydrogen (secondary N) is 1. The molecule has 19 heavy (non-hydrogen) atoms. The normalized spacial score (nSPS) is 12.8. The van der Waals surface area contributed by atoms with Gasteiger partial charge in [-0.2, -0.15) is 0 Å². The minimum absolute atomic E-state index is 0.524. The summed E-state index contributed by atoms with van der Waals surface area (Å²) in [4.78, 5) is 6.90. The van der Waals surface area contributed by atoms with Crippen molar-refractivity contribution in [3.05, 3.63) is 23.4 Å². The molecule has 108 valence electrons. The van der Waals surface area contributed by atoms with Gasteiger partial charge < -0.3 is 10.2 Å². The van der Waals surface area contributed by atoms with E-state index in [2.05, 4.69) is 62.9 Å². The summed E-state index contributed by atoms with van der Waals surface area (Å²) in [5.74, 6) is 1.78. The summed E-state index contributed by atoms with van der Waals surface area (Å²) in [7, 11) is 2.13. The molecule has 3 nitrogen and oxygen atoms in total. The Balaban J connectivity index is 2.69. The van der Waals surface area contributed by atoms with Crippen LogP contribution < -0.4 is 10.2 Å². The molecule has 0 saturated heterocycles. The van der Waals surface area contributed by atoms with E-state index in [0.29, 0.717) is 12.0 Å². The number of nitrogens with zero attached hydrogens (tertiary/aromatic N) is 2. The number of hydrogen-bond acceptors (Lipinski definition) is 3. The van der Waals surface area contributed by atoms with Crippen LogP contribution in [0.5, 0.6) is 0 Å². The molecule has 1 atom stereocenters. The topological polar surface area (TPSA) is 28.2 Å². The lowest BCUT2D eigenvalue weighted by molar-refractivity contribution is 0.551. The monoisotopic (exact) mass is 263 g/mol. The highest BCUT2D eigenvalue weighted by atomic mass is 15.2. The molecule has 1 rings (SSSR count). The number of aromatic nitrogens is 1. The number of pyridine rings is 1. The van der Waals surface area contributed by atoms with Gasteiger partial charge in [0.2, 0.25) is 0 Å². The van der Waals surface area contributed by atoms with Gasteiger partial charge in [0.15, 0.2) is 0 Å². The van der Waals surface area contributed by atoms with Gasteiger partial charge in [-0.05, 0) is 49.9 Å². The van der Waals surface area contributed by atoms with Crippen molar-refractivity contribution in [3.63, 3.8) is 0 Å². The van der Waals surface area contributed by atoms with Crippen LogP contribution in [0.25, 0.3) is 0 Å². The fourth-order valence-corrected chi connectivity index (χ4v) is 2.08. The first-order chi connectivity index (χ1) is 8.95. The van der Waals surface area contributed by atoms with Crippen molar-refractivity contribution in [2.45, 2.75) is 53.6 Å². The first-order valence-corrected chi connectivity index (χ1v) is 7.34. The maximum Gasteiger partial charge on any atom is 0.131 e. The Kier molecular flexibility index (Phi) is 6.29. The summed E-state index contributed by atoms with van der Waals surface area (Å²) < 4.78 is 0. The van der Waals surface area contributed by atoms with Gasteiger partial charge in [0.05, 0.1) is 0 Å². The molecule has 0 aliphatic heterocycles. The summed E-state index contributed by atoms with van der Waals surface area (Å²) in [5, 5.41) is 3.46. The smallest absolute Gasteiger partial charge is 0.131 e. The van der Waals surface area contributed by atoms with Crippen LogP contribution in [0.3, 0.4) is 0 Å². The molecule has 0 saturated carbocycles. The Bertz CT molecular complexity index is 388. The molecule has 0 aromatic carbocycles. The van der Waals surface area contributed by atoms with Gasteiger partial charge in [0.1, 0.15) is 5.82 Å². The van der Waals surface area contributed by atoms with Gasteiger partial charge >= 0.3 is 0 Å². The number of hydrogen-bond donors (Lipinski definition) is 1. The Hall–Kier alpha value is -1.09. The van der Waals surface area contributed by atoms with Gasteiger partial charge in [-0.25, -0.2) is 4.98 Å². The first-order valence-electron chi connectivity index (χ1n) is 7.34. The van der Waals surface area contributed by atoms with Crippen LogP contribution in [0, 0.1) is 12.8 Å². The van der Waals surface area contributed by atoms with Crippen LogP contribution in [0.2, 0.25) is 0 Å².